The molecule has 1 aliphatic heterocycles. The summed E-state index contributed by atoms with van der Waals surface area (Å²) in [6, 6.07) is 6.18. The van der Waals surface area contributed by atoms with Crippen LogP contribution in [0.15, 0.2) is 24.3 Å². The summed E-state index contributed by atoms with van der Waals surface area (Å²) in [5.41, 5.74) is 0.557. The van der Waals surface area contributed by atoms with Gasteiger partial charge in [-0.25, -0.2) is 0 Å². The Bertz CT molecular complexity index is 505. The van der Waals surface area contributed by atoms with Gasteiger partial charge in [-0.05, 0) is 37.1 Å². The molecule has 106 valence electrons. The summed E-state index contributed by atoms with van der Waals surface area (Å²) in [6.45, 7) is 1.18. The summed E-state index contributed by atoms with van der Waals surface area (Å²) >= 11 is 0. The predicted octanol–water partition coefficient (Wildman–Crippen LogP) is 1.95. The maximum Gasteiger partial charge on any atom is 0.303 e. The normalized spacial score (nSPS) is 17.9. The Morgan fingerprint density at radius 3 is 2.11 bits per heavy atom. The van der Waals surface area contributed by atoms with Gasteiger partial charge in [0.2, 0.25) is 0 Å². The van der Waals surface area contributed by atoms with Gasteiger partial charge in [0, 0.05) is 20.1 Å². The number of anilines is 1. The minimum absolute atomic E-state index is 0.129. The zero-order valence-corrected chi connectivity index (χ0v) is 11.9. The maximum atomic E-state index is 12.5. The fourth-order valence-corrected chi connectivity index (χ4v) is 3.70. The van der Waals surface area contributed by atoms with Crippen LogP contribution in [0, 0.1) is 0 Å². The fraction of sp³-hybridized carbons (Fsp3) is 0.538. The Hall–Kier alpha value is -1.27. The molecule has 1 N–H and O–H groups in total. The van der Waals surface area contributed by atoms with E-state index in [1.165, 1.54) is 16.4 Å². The number of phenols is 1. The standard InChI is InChI=1S/C13H20N2O3S/c1-14(12-6-8-13(16)9-7-12)19(17,18)15-10-4-2-3-5-11-15/h6-9,16H,2-5,10-11H2,1H3. The average Bonchev–Trinajstić information content (AvgIpc) is 2.68. The first-order valence-corrected chi connectivity index (χ1v) is 7.94. The second kappa shape index (κ2) is 5.79. The highest BCUT2D eigenvalue weighted by atomic mass is 32.2. The molecule has 0 bridgehead atoms. The summed E-state index contributed by atoms with van der Waals surface area (Å²) in [5.74, 6) is 0.129. The van der Waals surface area contributed by atoms with E-state index in [9.17, 15) is 13.5 Å². The molecule has 0 spiro atoms. The SMILES string of the molecule is CN(c1ccc(O)cc1)S(=O)(=O)N1CCCCCC1. The van der Waals surface area contributed by atoms with Crippen LogP contribution in [-0.2, 0) is 10.2 Å². The van der Waals surface area contributed by atoms with Crippen LogP contribution in [0.3, 0.4) is 0 Å². The molecule has 0 amide bonds. The third-order valence-corrected chi connectivity index (χ3v) is 5.37. The van der Waals surface area contributed by atoms with Crippen LogP contribution < -0.4 is 4.31 Å². The van der Waals surface area contributed by atoms with Gasteiger partial charge in [0.05, 0.1) is 5.69 Å². The van der Waals surface area contributed by atoms with Crippen LogP contribution in [0.1, 0.15) is 25.7 Å². The van der Waals surface area contributed by atoms with Gasteiger partial charge in [-0.2, -0.15) is 12.7 Å². The fourth-order valence-electron chi connectivity index (χ4n) is 2.24. The quantitative estimate of drug-likeness (QED) is 0.923. The Kier molecular flexibility index (Phi) is 4.31. The number of hydrogen-bond donors (Lipinski definition) is 1. The van der Waals surface area contributed by atoms with E-state index in [4.69, 9.17) is 0 Å². The zero-order valence-electron chi connectivity index (χ0n) is 11.1. The Morgan fingerprint density at radius 1 is 1.05 bits per heavy atom. The Balaban J connectivity index is 2.20. The Labute approximate surface area is 114 Å². The van der Waals surface area contributed by atoms with Gasteiger partial charge in [-0.1, -0.05) is 12.8 Å². The molecule has 0 aromatic heterocycles. The van der Waals surface area contributed by atoms with Crippen LogP contribution in [0.25, 0.3) is 0 Å². The number of nitrogens with zero attached hydrogens (tertiary/aromatic N) is 2. The lowest BCUT2D eigenvalue weighted by Gasteiger charge is -2.27. The molecule has 1 aliphatic rings. The van der Waals surface area contributed by atoms with Crippen LogP contribution in [-0.4, -0.2) is 38.0 Å². The van der Waals surface area contributed by atoms with Gasteiger partial charge in [-0.15, -0.1) is 0 Å². The van der Waals surface area contributed by atoms with Crippen LogP contribution in [0.2, 0.25) is 0 Å². The zero-order chi connectivity index (χ0) is 13.9. The highest BCUT2D eigenvalue weighted by molar-refractivity contribution is 7.90. The van der Waals surface area contributed by atoms with Crippen molar-refractivity contribution < 1.29 is 13.5 Å². The lowest BCUT2D eigenvalue weighted by Crippen LogP contribution is -2.42. The van der Waals surface area contributed by atoms with Crippen molar-refractivity contribution in [3.05, 3.63) is 24.3 Å². The molecule has 0 atom stereocenters. The first-order chi connectivity index (χ1) is 9.01. The molecule has 0 radical (unpaired) electrons. The van der Waals surface area contributed by atoms with Crippen molar-refractivity contribution >= 4 is 15.9 Å². The van der Waals surface area contributed by atoms with E-state index in [1.54, 1.807) is 23.5 Å². The number of phenolic OH excluding ortho intramolecular Hbond substituents is 1. The number of benzene rings is 1. The molecule has 1 saturated heterocycles. The maximum absolute atomic E-state index is 12.5. The first-order valence-electron chi connectivity index (χ1n) is 6.55. The molecular formula is C13H20N2O3S. The molecule has 1 fully saturated rings. The summed E-state index contributed by atoms with van der Waals surface area (Å²) < 4.78 is 27.9. The van der Waals surface area contributed by atoms with Crippen molar-refractivity contribution in [2.24, 2.45) is 0 Å². The van der Waals surface area contributed by atoms with Crippen molar-refractivity contribution in [2.75, 3.05) is 24.4 Å². The van der Waals surface area contributed by atoms with Crippen LogP contribution >= 0.6 is 0 Å². The van der Waals surface area contributed by atoms with Gasteiger partial charge in [0.25, 0.3) is 0 Å². The van der Waals surface area contributed by atoms with Crippen molar-refractivity contribution in [3.8, 4) is 5.75 Å². The third-order valence-electron chi connectivity index (χ3n) is 3.45. The molecule has 1 aromatic carbocycles. The van der Waals surface area contributed by atoms with Gasteiger partial charge >= 0.3 is 10.2 Å². The topological polar surface area (TPSA) is 60.9 Å². The summed E-state index contributed by atoms with van der Waals surface area (Å²) in [4.78, 5) is 0. The van der Waals surface area contributed by atoms with Gasteiger partial charge in [0.15, 0.2) is 0 Å². The monoisotopic (exact) mass is 284 g/mol. The van der Waals surface area contributed by atoms with Gasteiger partial charge < -0.3 is 5.11 Å². The number of rotatable bonds is 3. The van der Waals surface area contributed by atoms with Gasteiger partial charge in [-0.3, -0.25) is 4.31 Å². The van der Waals surface area contributed by atoms with Crippen LogP contribution in [0.4, 0.5) is 5.69 Å². The molecule has 0 aliphatic carbocycles. The van der Waals surface area contributed by atoms with E-state index >= 15 is 0 Å². The predicted molar refractivity (Wildman–Crippen MR) is 75.5 cm³/mol. The van der Waals surface area contributed by atoms with E-state index < -0.39 is 10.2 Å². The van der Waals surface area contributed by atoms with E-state index in [0.717, 1.165) is 25.7 Å². The number of hydrogen-bond acceptors (Lipinski definition) is 3. The highest BCUT2D eigenvalue weighted by Crippen LogP contribution is 2.23. The third kappa shape index (κ3) is 3.19. The van der Waals surface area contributed by atoms with Crippen LogP contribution in [0.5, 0.6) is 5.75 Å². The minimum atomic E-state index is -3.47. The second-order valence-electron chi connectivity index (χ2n) is 4.80. The molecule has 19 heavy (non-hydrogen) atoms. The minimum Gasteiger partial charge on any atom is -0.508 e. The lowest BCUT2D eigenvalue weighted by molar-refractivity contribution is 0.422. The number of aromatic hydroxyl groups is 1. The molecule has 5 nitrogen and oxygen atoms in total. The molecule has 0 unspecified atom stereocenters. The molecule has 6 heteroatoms. The highest BCUT2D eigenvalue weighted by Gasteiger charge is 2.27. The smallest absolute Gasteiger partial charge is 0.303 e. The average molecular weight is 284 g/mol. The Morgan fingerprint density at radius 2 is 1.58 bits per heavy atom. The largest absolute Gasteiger partial charge is 0.508 e. The van der Waals surface area contributed by atoms with E-state index in [1.807, 2.05) is 0 Å². The van der Waals surface area contributed by atoms with Gasteiger partial charge in [0.1, 0.15) is 5.75 Å². The van der Waals surface area contributed by atoms with Crippen molar-refractivity contribution in [2.45, 2.75) is 25.7 Å². The van der Waals surface area contributed by atoms with Crippen molar-refractivity contribution in [1.29, 1.82) is 0 Å². The van der Waals surface area contributed by atoms with Crippen molar-refractivity contribution in [1.82, 2.24) is 4.31 Å². The van der Waals surface area contributed by atoms with Crippen molar-refractivity contribution in [3.63, 3.8) is 0 Å². The molecule has 1 heterocycles. The lowest BCUT2D eigenvalue weighted by atomic mass is 10.2. The molecule has 1 aromatic rings. The van der Waals surface area contributed by atoms with E-state index in [-0.39, 0.29) is 5.75 Å². The van der Waals surface area contributed by atoms with E-state index in [2.05, 4.69) is 0 Å². The molecule has 0 saturated carbocycles. The second-order valence-corrected chi connectivity index (χ2v) is 6.76. The molecular weight excluding hydrogens is 264 g/mol. The summed E-state index contributed by atoms with van der Waals surface area (Å²) in [5, 5.41) is 9.25. The first kappa shape index (κ1) is 14.1. The van der Waals surface area contributed by atoms with E-state index in [0.29, 0.717) is 18.8 Å². The summed E-state index contributed by atoms with van der Waals surface area (Å²) in [6.07, 6.45) is 4.02. The summed E-state index contributed by atoms with van der Waals surface area (Å²) in [7, 11) is -1.92. The molecule has 2 rings (SSSR count).